The number of carbonyl (C=O) groups excluding carboxylic acids is 1. The van der Waals surface area contributed by atoms with Gasteiger partial charge in [0.25, 0.3) is 0 Å². The fourth-order valence-electron chi connectivity index (χ4n) is 2.06. The van der Waals surface area contributed by atoms with Crippen LogP contribution in [-0.2, 0) is 4.79 Å². The van der Waals surface area contributed by atoms with Crippen molar-refractivity contribution in [3.05, 3.63) is 35.9 Å². The SMILES string of the molecule is CN=C(NCCC(=O)NC(C)C)NCC(C)c1ccccc1.I. The minimum atomic E-state index is 0. The normalized spacial score (nSPS) is 12.3. The molecule has 0 aliphatic carbocycles. The molecule has 130 valence electrons. The van der Waals surface area contributed by atoms with Crippen molar-refractivity contribution in [3.8, 4) is 0 Å². The van der Waals surface area contributed by atoms with Gasteiger partial charge in [0.15, 0.2) is 5.96 Å². The third-order valence-electron chi connectivity index (χ3n) is 3.26. The number of benzene rings is 1. The number of halogens is 1. The van der Waals surface area contributed by atoms with Gasteiger partial charge in [-0.25, -0.2) is 0 Å². The number of amides is 1. The van der Waals surface area contributed by atoms with Crippen LogP contribution in [0.15, 0.2) is 35.3 Å². The molecule has 1 aromatic rings. The molecule has 0 aliphatic heterocycles. The van der Waals surface area contributed by atoms with E-state index in [-0.39, 0.29) is 35.9 Å². The van der Waals surface area contributed by atoms with Gasteiger partial charge < -0.3 is 16.0 Å². The van der Waals surface area contributed by atoms with Crippen molar-refractivity contribution < 1.29 is 4.79 Å². The molecule has 1 rings (SSSR count). The highest BCUT2D eigenvalue weighted by molar-refractivity contribution is 14.0. The summed E-state index contributed by atoms with van der Waals surface area (Å²) in [6.45, 7) is 7.44. The largest absolute Gasteiger partial charge is 0.356 e. The van der Waals surface area contributed by atoms with E-state index in [1.54, 1.807) is 7.05 Å². The Balaban J connectivity index is 0.00000484. The summed E-state index contributed by atoms with van der Waals surface area (Å²) in [6, 6.07) is 10.5. The molecule has 0 saturated carbocycles. The Morgan fingerprint density at radius 1 is 1.13 bits per heavy atom. The van der Waals surface area contributed by atoms with Crippen LogP contribution < -0.4 is 16.0 Å². The maximum absolute atomic E-state index is 11.6. The van der Waals surface area contributed by atoms with Crippen LogP contribution >= 0.6 is 24.0 Å². The van der Waals surface area contributed by atoms with Crippen LogP contribution in [-0.4, -0.2) is 38.0 Å². The van der Waals surface area contributed by atoms with E-state index < -0.39 is 0 Å². The minimum Gasteiger partial charge on any atom is -0.356 e. The minimum absolute atomic E-state index is 0. The Labute approximate surface area is 156 Å². The molecule has 0 heterocycles. The van der Waals surface area contributed by atoms with E-state index in [2.05, 4.69) is 40.0 Å². The summed E-state index contributed by atoms with van der Waals surface area (Å²) in [5.41, 5.74) is 1.29. The topological polar surface area (TPSA) is 65.5 Å². The summed E-state index contributed by atoms with van der Waals surface area (Å²) >= 11 is 0. The van der Waals surface area contributed by atoms with E-state index in [9.17, 15) is 4.79 Å². The first kappa shape index (κ1) is 21.7. The summed E-state index contributed by atoms with van der Waals surface area (Å²) in [6.07, 6.45) is 0.438. The zero-order valence-electron chi connectivity index (χ0n) is 14.4. The lowest BCUT2D eigenvalue weighted by Gasteiger charge is -2.16. The van der Waals surface area contributed by atoms with Crippen molar-refractivity contribution in [2.45, 2.75) is 39.2 Å². The molecular weight excluding hydrogens is 403 g/mol. The van der Waals surface area contributed by atoms with Crippen molar-refractivity contribution in [1.29, 1.82) is 0 Å². The van der Waals surface area contributed by atoms with Crippen molar-refractivity contribution in [2.24, 2.45) is 4.99 Å². The van der Waals surface area contributed by atoms with Gasteiger partial charge in [-0.05, 0) is 25.3 Å². The molecule has 1 amide bonds. The van der Waals surface area contributed by atoms with Crippen LogP contribution in [0.25, 0.3) is 0 Å². The molecule has 0 radical (unpaired) electrons. The van der Waals surface area contributed by atoms with Crippen molar-refractivity contribution in [2.75, 3.05) is 20.1 Å². The predicted octanol–water partition coefficient (Wildman–Crippen LogP) is 2.49. The van der Waals surface area contributed by atoms with Crippen LogP contribution in [0.3, 0.4) is 0 Å². The zero-order valence-corrected chi connectivity index (χ0v) is 16.8. The van der Waals surface area contributed by atoms with Crippen LogP contribution in [0.2, 0.25) is 0 Å². The van der Waals surface area contributed by atoms with Gasteiger partial charge in [0.05, 0.1) is 0 Å². The van der Waals surface area contributed by atoms with E-state index >= 15 is 0 Å². The highest BCUT2D eigenvalue weighted by atomic mass is 127. The lowest BCUT2D eigenvalue weighted by Crippen LogP contribution is -2.41. The van der Waals surface area contributed by atoms with E-state index in [4.69, 9.17) is 0 Å². The van der Waals surface area contributed by atoms with E-state index in [1.165, 1.54) is 5.56 Å². The average Bonchev–Trinajstić information content (AvgIpc) is 2.50. The Morgan fingerprint density at radius 2 is 1.78 bits per heavy atom. The third kappa shape index (κ3) is 9.43. The van der Waals surface area contributed by atoms with E-state index in [0.717, 1.165) is 12.5 Å². The van der Waals surface area contributed by atoms with Gasteiger partial charge in [-0.1, -0.05) is 37.3 Å². The van der Waals surface area contributed by atoms with Crippen LogP contribution in [0, 0.1) is 0 Å². The molecule has 0 aliphatic rings. The van der Waals surface area contributed by atoms with Gasteiger partial charge in [-0.15, -0.1) is 24.0 Å². The van der Waals surface area contributed by atoms with Crippen LogP contribution in [0.4, 0.5) is 0 Å². The molecule has 0 saturated heterocycles. The van der Waals surface area contributed by atoms with Crippen LogP contribution in [0.5, 0.6) is 0 Å². The summed E-state index contributed by atoms with van der Waals surface area (Å²) in [4.78, 5) is 15.7. The maximum Gasteiger partial charge on any atom is 0.221 e. The van der Waals surface area contributed by atoms with Crippen LogP contribution in [0.1, 0.15) is 38.7 Å². The fraction of sp³-hybridized carbons (Fsp3) is 0.529. The third-order valence-corrected chi connectivity index (χ3v) is 3.26. The lowest BCUT2D eigenvalue weighted by atomic mass is 10.0. The molecule has 5 nitrogen and oxygen atoms in total. The fourth-order valence-corrected chi connectivity index (χ4v) is 2.06. The highest BCUT2D eigenvalue weighted by Crippen LogP contribution is 2.12. The maximum atomic E-state index is 11.6. The zero-order chi connectivity index (χ0) is 16.4. The first-order valence-electron chi connectivity index (χ1n) is 7.81. The summed E-state index contributed by atoms with van der Waals surface area (Å²) in [5.74, 6) is 1.17. The summed E-state index contributed by atoms with van der Waals surface area (Å²) in [7, 11) is 1.73. The Bertz CT molecular complexity index is 477. The highest BCUT2D eigenvalue weighted by Gasteiger charge is 2.07. The Hall–Kier alpha value is -1.31. The number of carbonyl (C=O) groups is 1. The molecule has 0 fully saturated rings. The monoisotopic (exact) mass is 432 g/mol. The van der Waals surface area contributed by atoms with Gasteiger partial charge in [0.1, 0.15) is 0 Å². The number of guanidine groups is 1. The quantitative estimate of drug-likeness (QED) is 0.353. The van der Waals surface area contributed by atoms with Gasteiger partial charge in [0, 0.05) is 32.6 Å². The number of hydrogen-bond acceptors (Lipinski definition) is 2. The number of nitrogens with one attached hydrogen (secondary N) is 3. The first-order chi connectivity index (χ1) is 10.5. The Morgan fingerprint density at radius 3 is 2.35 bits per heavy atom. The molecule has 0 bridgehead atoms. The average molecular weight is 432 g/mol. The summed E-state index contributed by atoms with van der Waals surface area (Å²) < 4.78 is 0. The number of aliphatic imine (C=N–C) groups is 1. The molecule has 1 aromatic carbocycles. The van der Waals surface area contributed by atoms with E-state index in [1.807, 2.05) is 32.0 Å². The van der Waals surface area contributed by atoms with Crippen molar-refractivity contribution >= 4 is 35.8 Å². The van der Waals surface area contributed by atoms with E-state index in [0.29, 0.717) is 18.9 Å². The second kappa shape index (κ2) is 12.2. The molecule has 3 N–H and O–H groups in total. The molecule has 1 unspecified atom stereocenters. The number of nitrogens with zero attached hydrogens (tertiary/aromatic N) is 1. The molecule has 1 atom stereocenters. The molecule has 6 heteroatoms. The van der Waals surface area contributed by atoms with Gasteiger partial charge >= 0.3 is 0 Å². The molecule has 0 spiro atoms. The molecule has 23 heavy (non-hydrogen) atoms. The second-order valence-corrected chi connectivity index (χ2v) is 5.66. The molecular formula is C17H29IN4O. The van der Waals surface area contributed by atoms with Gasteiger partial charge in [-0.3, -0.25) is 9.79 Å². The summed E-state index contributed by atoms with van der Waals surface area (Å²) in [5, 5.41) is 9.31. The second-order valence-electron chi connectivity index (χ2n) is 5.66. The number of rotatable bonds is 7. The standard InChI is InChI=1S/C17H28N4O.HI/c1-13(2)21-16(22)10-11-19-17(18-4)20-12-14(3)15-8-6-5-7-9-15;/h5-9,13-14H,10-12H2,1-4H3,(H,21,22)(H2,18,19,20);1H. The Kier molecular flexibility index (Phi) is 11.5. The van der Waals surface area contributed by atoms with Crippen molar-refractivity contribution in [3.63, 3.8) is 0 Å². The lowest BCUT2D eigenvalue weighted by molar-refractivity contribution is -0.121. The molecule has 0 aromatic heterocycles. The van der Waals surface area contributed by atoms with Crippen molar-refractivity contribution in [1.82, 2.24) is 16.0 Å². The van der Waals surface area contributed by atoms with Gasteiger partial charge in [-0.2, -0.15) is 0 Å². The first-order valence-corrected chi connectivity index (χ1v) is 7.81. The predicted molar refractivity (Wildman–Crippen MR) is 108 cm³/mol. The smallest absolute Gasteiger partial charge is 0.221 e. The number of hydrogen-bond donors (Lipinski definition) is 3. The van der Waals surface area contributed by atoms with Gasteiger partial charge in [0.2, 0.25) is 5.91 Å².